The zero-order valence-electron chi connectivity index (χ0n) is 11.4. The number of nitrogens with zero attached hydrogens (tertiary/aromatic N) is 1. The van der Waals surface area contributed by atoms with E-state index >= 15 is 0 Å². The maximum atomic E-state index is 11.4. The third-order valence-electron chi connectivity index (χ3n) is 4.59. The Morgan fingerprint density at radius 3 is 2.42 bits per heavy atom. The van der Waals surface area contributed by atoms with Gasteiger partial charge in [0.15, 0.2) is 0 Å². The van der Waals surface area contributed by atoms with E-state index in [0.29, 0.717) is 5.41 Å². The Kier molecular flexibility index (Phi) is 4.48. The van der Waals surface area contributed by atoms with Crippen molar-refractivity contribution < 1.29 is 8.42 Å². The van der Waals surface area contributed by atoms with Crippen LogP contribution in [0.2, 0.25) is 0 Å². The van der Waals surface area contributed by atoms with E-state index in [9.17, 15) is 8.42 Å². The Morgan fingerprint density at radius 1 is 1.32 bits per heavy atom. The monoisotopic (exact) mass is 309 g/mol. The molecule has 1 saturated carbocycles. The summed E-state index contributed by atoms with van der Waals surface area (Å²) in [5.41, 5.74) is 0.443. The van der Waals surface area contributed by atoms with Gasteiger partial charge in [-0.15, -0.1) is 12.4 Å². The highest BCUT2D eigenvalue weighted by Gasteiger charge is 2.53. The lowest BCUT2D eigenvalue weighted by atomic mass is 9.61. The molecule has 3 rings (SSSR count). The summed E-state index contributed by atoms with van der Waals surface area (Å²) in [7, 11) is -3.01. The smallest absolute Gasteiger partial charge is 0.211 e. The Labute approximate surface area is 122 Å². The van der Waals surface area contributed by atoms with Crippen molar-refractivity contribution in [3.63, 3.8) is 0 Å². The van der Waals surface area contributed by atoms with Gasteiger partial charge in [0, 0.05) is 38.8 Å². The highest BCUT2D eigenvalue weighted by Crippen LogP contribution is 2.48. The van der Waals surface area contributed by atoms with Crippen LogP contribution in [-0.4, -0.2) is 57.8 Å². The van der Waals surface area contributed by atoms with Crippen molar-refractivity contribution in [3.8, 4) is 0 Å². The predicted molar refractivity (Wildman–Crippen MR) is 78.1 cm³/mol. The second-order valence-corrected chi connectivity index (χ2v) is 8.36. The van der Waals surface area contributed by atoms with Gasteiger partial charge < -0.3 is 10.2 Å². The van der Waals surface area contributed by atoms with Gasteiger partial charge in [0.2, 0.25) is 10.0 Å². The molecule has 112 valence electrons. The molecule has 1 aliphatic carbocycles. The highest BCUT2D eigenvalue weighted by molar-refractivity contribution is 7.89. The standard InChI is InChI=1S/C12H23N3O2S.ClH/c1-2-18(16,17)14-11-3-12(4-11)8-15(9-12)7-10-5-13-6-10;/h10-11,13-14H,2-9H2,1H3;1H. The first-order valence-electron chi connectivity index (χ1n) is 6.93. The molecule has 7 heteroatoms. The van der Waals surface area contributed by atoms with E-state index in [1.165, 1.54) is 32.7 Å². The lowest BCUT2D eigenvalue weighted by Gasteiger charge is -2.60. The van der Waals surface area contributed by atoms with Gasteiger partial charge in [-0.25, -0.2) is 13.1 Å². The number of halogens is 1. The van der Waals surface area contributed by atoms with Gasteiger partial charge in [-0.3, -0.25) is 0 Å². The Hall–Kier alpha value is 0.120. The highest BCUT2D eigenvalue weighted by atomic mass is 35.5. The Morgan fingerprint density at radius 2 is 1.95 bits per heavy atom. The van der Waals surface area contributed by atoms with Crippen molar-refractivity contribution in [2.24, 2.45) is 11.3 Å². The van der Waals surface area contributed by atoms with Crippen LogP contribution in [0.5, 0.6) is 0 Å². The minimum atomic E-state index is -3.01. The number of sulfonamides is 1. The second-order valence-electron chi connectivity index (χ2n) is 6.32. The minimum Gasteiger partial charge on any atom is -0.316 e. The van der Waals surface area contributed by atoms with Crippen LogP contribution < -0.4 is 10.0 Å². The summed E-state index contributed by atoms with van der Waals surface area (Å²) in [6.07, 6.45) is 2.07. The van der Waals surface area contributed by atoms with Crippen molar-refractivity contribution in [2.45, 2.75) is 25.8 Å². The van der Waals surface area contributed by atoms with Crippen LogP contribution in [0.25, 0.3) is 0 Å². The van der Waals surface area contributed by atoms with Gasteiger partial charge in [0.05, 0.1) is 5.75 Å². The third-order valence-corrected chi connectivity index (χ3v) is 6.04. The predicted octanol–water partition coefficient (Wildman–Crippen LogP) is 0.0313. The molecule has 0 unspecified atom stereocenters. The summed E-state index contributed by atoms with van der Waals surface area (Å²) in [5.74, 6) is 1.04. The van der Waals surface area contributed by atoms with Crippen molar-refractivity contribution >= 4 is 22.4 Å². The van der Waals surface area contributed by atoms with E-state index in [4.69, 9.17) is 0 Å². The molecule has 0 atom stereocenters. The van der Waals surface area contributed by atoms with Crippen molar-refractivity contribution in [1.29, 1.82) is 0 Å². The molecule has 2 N–H and O–H groups in total. The summed E-state index contributed by atoms with van der Waals surface area (Å²) in [5, 5.41) is 3.30. The molecule has 0 aromatic heterocycles. The molecule has 0 radical (unpaired) electrons. The van der Waals surface area contributed by atoms with Gasteiger partial charge in [0.25, 0.3) is 0 Å². The molecule has 3 fully saturated rings. The summed E-state index contributed by atoms with van der Waals surface area (Å²) >= 11 is 0. The van der Waals surface area contributed by atoms with Crippen LogP contribution in [0.1, 0.15) is 19.8 Å². The zero-order chi connectivity index (χ0) is 12.8. The fourth-order valence-electron chi connectivity index (χ4n) is 3.54. The van der Waals surface area contributed by atoms with Crippen LogP contribution >= 0.6 is 12.4 Å². The minimum absolute atomic E-state index is 0. The SMILES string of the molecule is CCS(=O)(=O)NC1CC2(C1)CN(CC1CNC1)C2.Cl. The lowest BCUT2D eigenvalue weighted by Crippen LogP contribution is -2.67. The zero-order valence-corrected chi connectivity index (χ0v) is 13.0. The molecular formula is C12H24ClN3O2S. The van der Waals surface area contributed by atoms with Gasteiger partial charge in [-0.05, 0) is 31.1 Å². The van der Waals surface area contributed by atoms with Crippen LogP contribution in [0.15, 0.2) is 0 Å². The molecule has 3 aliphatic rings. The molecule has 0 bridgehead atoms. The number of hydrogen-bond donors (Lipinski definition) is 2. The molecule has 2 aliphatic heterocycles. The van der Waals surface area contributed by atoms with Gasteiger partial charge in [0.1, 0.15) is 0 Å². The van der Waals surface area contributed by atoms with E-state index in [0.717, 1.165) is 18.8 Å². The normalized spacial score (nSPS) is 27.2. The summed E-state index contributed by atoms with van der Waals surface area (Å²) in [4.78, 5) is 2.52. The Bertz CT molecular complexity index is 411. The number of rotatable bonds is 5. The average Bonchev–Trinajstić information content (AvgIpc) is 2.15. The van der Waals surface area contributed by atoms with Crippen molar-refractivity contribution in [1.82, 2.24) is 14.9 Å². The molecule has 19 heavy (non-hydrogen) atoms. The van der Waals surface area contributed by atoms with E-state index in [1.807, 2.05) is 0 Å². The fourth-order valence-corrected chi connectivity index (χ4v) is 4.38. The quantitative estimate of drug-likeness (QED) is 0.752. The van der Waals surface area contributed by atoms with Gasteiger partial charge in [-0.2, -0.15) is 0 Å². The van der Waals surface area contributed by atoms with Gasteiger partial charge >= 0.3 is 0 Å². The van der Waals surface area contributed by atoms with Crippen LogP contribution in [0.3, 0.4) is 0 Å². The number of likely N-dealkylation sites (tertiary alicyclic amines) is 1. The van der Waals surface area contributed by atoms with Crippen molar-refractivity contribution in [3.05, 3.63) is 0 Å². The first kappa shape index (κ1) is 15.5. The van der Waals surface area contributed by atoms with E-state index in [2.05, 4.69) is 14.9 Å². The number of nitrogens with one attached hydrogen (secondary N) is 2. The van der Waals surface area contributed by atoms with Crippen LogP contribution in [0, 0.1) is 11.3 Å². The maximum absolute atomic E-state index is 11.4. The maximum Gasteiger partial charge on any atom is 0.211 e. The molecular weight excluding hydrogens is 286 g/mol. The summed E-state index contributed by atoms with van der Waals surface area (Å²) in [6.45, 7) is 7.60. The topological polar surface area (TPSA) is 61.4 Å². The largest absolute Gasteiger partial charge is 0.316 e. The van der Waals surface area contributed by atoms with Gasteiger partial charge in [-0.1, -0.05) is 0 Å². The Balaban J connectivity index is 0.00000133. The van der Waals surface area contributed by atoms with E-state index < -0.39 is 10.0 Å². The molecule has 2 saturated heterocycles. The molecule has 0 aromatic carbocycles. The number of hydrogen-bond acceptors (Lipinski definition) is 4. The fraction of sp³-hybridized carbons (Fsp3) is 1.00. The van der Waals surface area contributed by atoms with E-state index in [-0.39, 0.29) is 24.2 Å². The summed E-state index contributed by atoms with van der Waals surface area (Å²) in [6, 6.07) is 0.197. The molecule has 0 amide bonds. The molecule has 5 nitrogen and oxygen atoms in total. The van der Waals surface area contributed by atoms with Crippen molar-refractivity contribution in [2.75, 3.05) is 38.5 Å². The van der Waals surface area contributed by atoms with Crippen LogP contribution in [0.4, 0.5) is 0 Å². The summed E-state index contributed by atoms with van der Waals surface area (Å²) < 4.78 is 25.7. The first-order valence-corrected chi connectivity index (χ1v) is 8.59. The molecule has 0 aromatic rings. The second kappa shape index (κ2) is 5.48. The third kappa shape index (κ3) is 3.24. The first-order chi connectivity index (χ1) is 8.50. The van der Waals surface area contributed by atoms with Crippen LogP contribution in [-0.2, 0) is 10.0 Å². The molecule has 1 spiro atoms. The molecule has 2 heterocycles. The average molecular weight is 310 g/mol. The van der Waals surface area contributed by atoms with E-state index in [1.54, 1.807) is 6.92 Å². The lowest BCUT2D eigenvalue weighted by molar-refractivity contribution is -0.0825.